The molecular formula is C14H16F3N3O. The molecule has 2 aromatic rings. The number of nitrogens with one attached hydrogen (secondary N) is 1. The summed E-state index contributed by atoms with van der Waals surface area (Å²) in [6.45, 7) is 1.95. The summed E-state index contributed by atoms with van der Waals surface area (Å²) in [6, 6.07) is 5.56. The molecule has 1 atom stereocenters. The number of nitrogens with zero attached hydrogens (tertiary/aromatic N) is 2. The van der Waals surface area contributed by atoms with Crippen LogP contribution >= 0.6 is 0 Å². The molecule has 1 unspecified atom stereocenters. The fourth-order valence-corrected chi connectivity index (χ4v) is 1.93. The molecule has 1 aromatic carbocycles. The lowest BCUT2D eigenvalue weighted by Gasteiger charge is -2.10. The first-order valence-electron chi connectivity index (χ1n) is 6.54. The normalized spacial score (nSPS) is 13.4. The topological polar surface area (TPSA) is 51.0 Å². The number of alkyl halides is 3. The van der Waals surface area contributed by atoms with Crippen LogP contribution in [0.5, 0.6) is 0 Å². The van der Waals surface area contributed by atoms with Crippen molar-refractivity contribution in [1.82, 2.24) is 15.5 Å². The summed E-state index contributed by atoms with van der Waals surface area (Å²) >= 11 is 0. The van der Waals surface area contributed by atoms with E-state index in [9.17, 15) is 13.2 Å². The Morgan fingerprint density at radius 1 is 1.29 bits per heavy atom. The molecule has 0 aliphatic rings. The average Bonchev–Trinajstić information content (AvgIpc) is 2.85. The number of likely N-dealkylation sites (N-methyl/N-ethyl adjacent to an activating group) is 1. The largest absolute Gasteiger partial charge is 0.416 e. The van der Waals surface area contributed by atoms with Gasteiger partial charge in [0.2, 0.25) is 5.89 Å². The first-order chi connectivity index (χ1) is 9.90. The van der Waals surface area contributed by atoms with Crippen LogP contribution in [-0.4, -0.2) is 23.2 Å². The van der Waals surface area contributed by atoms with Gasteiger partial charge in [-0.1, -0.05) is 23.4 Å². The molecule has 0 aliphatic heterocycles. The first kappa shape index (κ1) is 15.5. The molecule has 7 heteroatoms. The highest BCUT2D eigenvalue weighted by molar-refractivity contribution is 5.31. The van der Waals surface area contributed by atoms with Crippen molar-refractivity contribution in [3.05, 3.63) is 47.1 Å². The maximum atomic E-state index is 12.9. The van der Waals surface area contributed by atoms with Crippen molar-refractivity contribution in [2.45, 2.75) is 32.0 Å². The summed E-state index contributed by atoms with van der Waals surface area (Å²) in [4.78, 5) is 4.13. The molecule has 0 radical (unpaired) electrons. The maximum Gasteiger partial charge on any atom is 0.416 e. The summed E-state index contributed by atoms with van der Waals surface area (Å²) < 4.78 is 43.8. The third kappa shape index (κ3) is 4.04. The summed E-state index contributed by atoms with van der Waals surface area (Å²) in [5, 5.41) is 6.77. The Bertz CT molecular complexity index is 595. The molecule has 114 valence electrons. The molecule has 0 amide bonds. The van der Waals surface area contributed by atoms with E-state index in [4.69, 9.17) is 4.52 Å². The van der Waals surface area contributed by atoms with Crippen LogP contribution in [-0.2, 0) is 19.0 Å². The highest BCUT2D eigenvalue weighted by Crippen LogP contribution is 2.32. The zero-order valence-electron chi connectivity index (χ0n) is 11.7. The van der Waals surface area contributed by atoms with Crippen molar-refractivity contribution in [3.8, 4) is 0 Å². The minimum atomic E-state index is -4.39. The van der Waals surface area contributed by atoms with Crippen LogP contribution in [0.2, 0.25) is 0 Å². The van der Waals surface area contributed by atoms with E-state index >= 15 is 0 Å². The van der Waals surface area contributed by atoms with Gasteiger partial charge in [-0.05, 0) is 25.6 Å². The minimum absolute atomic E-state index is 0.00683. The fourth-order valence-electron chi connectivity index (χ4n) is 1.93. The van der Waals surface area contributed by atoms with Gasteiger partial charge in [0.1, 0.15) is 0 Å². The van der Waals surface area contributed by atoms with Gasteiger partial charge in [-0.25, -0.2) is 0 Å². The predicted octanol–water partition coefficient (Wildman–Crippen LogP) is 2.83. The zero-order valence-corrected chi connectivity index (χ0v) is 11.7. The maximum absolute atomic E-state index is 12.9. The highest BCUT2D eigenvalue weighted by atomic mass is 19.4. The van der Waals surface area contributed by atoms with E-state index in [2.05, 4.69) is 15.5 Å². The summed E-state index contributed by atoms with van der Waals surface area (Å²) in [5.74, 6) is 0.668. The molecule has 1 heterocycles. The smallest absolute Gasteiger partial charge is 0.339 e. The number of hydrogen-bond donors (Lipinski definition) is 1. The molecule has 1 N–H and O–H groups in total. The van der Waals surface area contributed by atoms with E-state index in [0.717, 1.165) is 6.07 Å². The van der Waals surface area contributed by atoms with E-state index in [1.165, 1.54) is 12.1 Å². The Morgan fingerprint density at radius 2 is 2.00 bits per heavy atom. The van der Waals surface area contributed by atoms with E-state index in [-0.39, 0.29) is 23.9 Å². The zero-order chi connectivity index (χ0) is 15.5. The van der Waals surface area contributed by atoms with Crippen molar-refractivity contribution in [3.63, 3.8) is 0 Å². The number of aromatic nitrogens is 2. The SMILES string of the molecule is CNC(C)Cc1nc(Cc2ccccc2C(F)(F)F)no1. The van der Waals surface area contributed by atoms with E-state index in [0.29, 0.717) is 12.3 Å². The van der Waals surface area contributed by atoms with E-state index < -0.39 is 11.7 Å². The molecule has 0 fully saturated rings. The third-order valence-electron chi connectivity index (χ3n) is 3.16. The van der Waals surface area contributed by atoms with Gasteiger partial charge in [-0.3, -0.25) is 0 Å². The van der Waals surface area contributed by atoms with Crippen LogP contribution in [0, 0.1) is 0 Å². The first-order valence-corrected chi connectivity index (χ1v) is 6.54. The van der Waals surface area contributed by atoms with Gasteiger partial charge < -0.3 is 9.84 Å². The van der Waals surface area contributed by atoms with Gasteiger partial charge in [-0.15, -0.1) is 0 Å². The Labute approximate surface area is 120 Å². The number of halogens is 3. The molecule has 0 saturated heterocycles. The van der Waals surface area contributed by atoms with Crippen molar-refractivity contribution in [2.75, 3.05) is 7.05 Å². The van der Waals surface area contributed by atoms with Crippen LogP contribution < -0.4 is 5.32 Å². The van der Waals surface area contributed by atoms with Crippen LogP contribution in [0.15, 0.2) is 28.8 Å². The second-order valence-corrected chi connectivity index (χ2v) is 4.83. The molecule has 0 aliphatic carbocycles. The quantitative estimate of drug-likeness (QED) is 0.922. The number of benzene rings is 1. The molecule has 1 aromatic heterocycles. The standard InChI is InChI=1S/C14H16F3N3O/c1-9(18-2)7-13-19-12(20-21-13)8-10-5-3-4-6-11(10)14(15,16)17/h3-6,9,18H,7-8H2,1-2H3. The molecule has 2 rings (SSSR count). The molecule has 4 nitrogen and oxygen atoms in total. The molecular weight excluding hydrogens is 283 g/mol. The van der Waals surface area contributed by atoms with Crippen LogP contribution in [0.4, 0.5) is 13.2 Å². The van der Waals surface area contributed by atoms with Gasteiger partial charge in [0.25, 0.3) is 0 Å². The second kappa shape index (κ2) is 6.26. The third-order valence-corrected chi connectivity index (χ3v) is 3.16. The minimum Gasteiger partial charge on any atom is -0.339 e. The number of rotatable bonds is 5. The summed E-state index contributed by atoms with van der Waals surface area (Å²) in [6.07, 6.45) is -3.86. The Kier molecular flexibility index (Phi) is 4.62. The van der Waals surface area contributed by atoms with E-state index in [1.807, 2.05) is 14.0 Å². The summed E-state index contributed by atoms with van der Waals surface area (Å²) in [7, 11) is 1.81. The predicted molar refractivity (Wildman–Crippen MR) is 70.8 cm³/mol. The lowest BCUT2D eigenvalue weighted by molar-refractivity contribution is -0.138. The van der Waals surface area contributed by atoms with Gasteiger partial charge in [0.15, 0.2) is 5.82 Å². The van der Waals surface area contributed by atoms with Crippen molar-refractivity contribution in [2.24, 2.45) is 0 Å². The van der Waals surface area contributed by atoms with Gasteiger partial charge in [0, 0.05) is 18.9 Å². The van der Waals surface area contributed by atoms with Crippen LogP contribution in [0.3, 0.4) is 0 Å². The van der Waals surface area contributed by atoms with Crippen LogP contribution in [0.1, 0.15) is 29.8 Å². The monoisotopic (exact) mass is 299 g/mol. The molecule has 21 heavy (non-hydrogen) atoms. The fraction of sp³-hybridized carbons (Fsp3) is 0.429. The average molecular weight is 299 g/mol. The van der Waals surface area contributed by atoms with Crippen molar-refractivity contribution < 1.29 is 17.7 Å². The molecule has 0 bridgehead atoms. The van der Waals surface area contributed by atoms with Crippen molar-refractivity contribution in [1.29, 1.82) is 0 Å². The van der Waals surface area contributed by atoms with Gasteiger partial charge in [-0.2, -0.15) is 18.2 Å². The molecule has 0 spiro atoms. The lowest BCUT2D eigenvalue weighted by Crippen LogP contribution is -2.23. The Balaban J connectivity index is 2.16. The Hall–Kier alpha value is -1.89. The van der Waals surface area contributed by atoms with Gasteiger partial charge >= 0.3 is 6.18 Å². The molecule has 0 saturated carbocycles. The van der Waals surface area contributed by atoms with Crippen molar-refractivity contribution >= 4 is 0 Å². The van der Waals surface area contributed by atoms with E-state index in [1.54, 1.807) is 6.07 Å². The Morgan fingerprint density at radius 3 is 2.67 bits per heavy atom. The second-order valence-electron chi connectivity index (χ2n) is 4.83. The van der Waals surface area contributed by atoms with Crippen LogP contribution in [0.25, 0.3) is 0 Å². The number of hydrogen-bond acceptors (Lipinski definition) is 4. The summed E-state index contributed by atoms with van der Waals surface area (Å²) in [5.41, 5.74) is -0.529. The lowest BCUT2D eigenvalue weighted by atomic mass is 10.0. The highest BCUT2D eigenvalue weighted by Gasteiger charge is 2.33. The van der Waals surface area contributed by atoms with Gasteiger partial charge in [0.05, 0.1) is 5.56 Å².